The highest BCUT2D eigenvalue weighted by Crippen LogP contribution is 2.17. The van der Waals surface area contributed by atoms with Crippen molar-refractivity contribution in [3.8, 4) is 5.88 Å². The lowest BCUT2D eigenvalue weighted by Gasteiger charge is -2.09. The standard InChI is InChI=1S/C14H13F3N2O2S/c1-9-4-5-22-11(9)7-19-13(20)10-2-3-12(18-6-10)21-8-14(15,16)17/h2-6H,7-8H2,1H3,(H,19,20). The van der Waals surface area contributed by atoms with Crippen molar-refractivity contribution in [1.82, 2.24) is 10.3 Å². The predicted octanol–water partition coefficient (Wildman–Crippen LogP) is 3.32. The van der Waals surface area contributed by atoms with E-state index in [-0.39, 0.29) is 17.4 Å². The normalized spacial score (nSPS) is 11.3. The van der Waals surface area contributed by atoms with E-state index in [1.165, 1.54) is 18.3 Å². The molecule has 1 amide bonds. The van der Waals surface area contributed by atoms with Crippen molar-refractivity contribution in [3.05, 3.63) is 45.8 Å². The summed E-state index contributed by atoms with van der Waals surface area (Å²) in [5, 5.41) is 4.66. The Kier molecular flexibility index (Phi) is 5.02. The van der Waals surface area contributed by atoms with Crippen molar-refractivity contribution in [3.63, 3.8) is 0 Å². The van der Waals surface area contributed by atoms with E-state index in [0.717, 1.165) is 10.4 Å². The molecule has 2 heterocycles. The first kappa shape index (κ1) is 16.3. The van der Waals surface area contributed by atoms with Gasteiger partial charge in [-0.25, -0.2) is 4.98 Å². The minimum atomic E-state index is -4.42. The summed E-state index contributed by atoms with van der Waals surface area (Å²) in [5.74, 6) is -0.523. The van der Waals surface area contributed by atoms with Gasteiger partial charge in [-0.15, -0.1) is 11.3 Å². The summed E-state index contributed by atoms with van der Waals surface area (Å²) >= 11 is 1.54. The van der Waals surface area contributed by atoms with Gasteiger partial charge in [-0.1, -0.05) is 0 Å². The SMILES string of the molecule is Cc1ccsc1CNC(=O)c1ccc(OCC(F)(F)F)nc1. The molecule has 2 aromatic heterocycles. The fourth-order valence-corrected chi connectivity index (χ4v) is 2.45. The van der Waals surface area contributed by atoms with Gasteiger partial charge >= 0.3 is 6.18 Å². The minimum absolute atomic E-state index is 0.178. The number of amides is 1. The molecule has 2 rings (SSSR count). The first-order valence-corrected chi connectivity index (χ1v) is 7.20. The number of aromatic nitrogens is 1. The molecule has 0 radical (unpaired) electrons. The van der Waals surface area contributed by atoms with Gasteiger partial charge in [0.25, 0.3) is 5.91 Å². The summed E-state index contributed by atoms with van der Waals surface area (Å²) in [6, 6.07) is 4.56. The van der Waals surface area contributed by atoms with Crippen LogP contribution in [0.25, 0.3) is 0 Å². The Morgan fingerprint density at radius 2 is 2.14 bits per heavy atom. The van der Waals surface area contributed by atoms with E-state index in [0.29, 0.717) is 6.54 Å². The molecule has 0 aliphatic carbocycles. The fraction of sp³-hybridized carbons (Fsp3) is 0.286. The maximum absolute atomic E-state index is 12.0. The average Bonchev–Trinajstić information content (AvgIpc) is 2.88. The van der Waals surface area contributed by atoms with Crippen LogP contribution in [0, 0.1) is 6.92 Å². The highest BCUT2D eigenvalue weighted by molar-refractivity contribution is 7.10. The number of nitrogens with one attached hydrogen (secondary N) is 1. The van der Waals surface area contributed by atoms with E-state index in [2.05, 4.69) is 15.0 Å². The van der Waals surface area contributed by atoms with Gasteiger partial charge in [0.15, 0.2) is 6.61 Å². The van der Waals surface area contributed by atoms with E-state index in [1.807, 2.05) is 18.4 Å². The van der Waals surface area contributed by atoms with Gasteiger partial charge in [0, 0.05) is 17.1 Å². The van der Waals surface area contributed by atoms with Gasteiger partial charge in [-0.3, -0.25) is 4.79 Å². The lowest BCUT2D eigenvalue weighted by Crippen LogP contribution is -2.23. The molecule has 22 heavy (non-hydrogen) atoms. The predicted molar refractivity (Wildman–Crippen MR) is 76.0 cm³/mol. The number of ether oxygens (including phenoxy) is 1. The van der Waals surface area contributed by atoms with Crippen molar-refractivity contribution >= 4 is 17.2 Å². The lowest BCUT2D eigenvalue weighted by atomic mass is 10.2. The second-order valence-electron chi connectivity index (χ2n) is 4.50. The van der Waals surface area contributed by atoms with Crippen LogP contribution < -0.4 is 10.1 Å². The van der Waals surface area contributed by atoms with E-state index < -0.39 is 12.8 Å². The van der Waals surface area contributed by atoms with Crippen LogP contribution in [0.3, 0.4) is 0 Å². The third-order valence-electron chi connectivity index (χ3n) is 2.76. The van der Waals surface area contributed by atoms with Crippen LogP contribution >= 0.6 is 11.3 Å². The Balaban J connectivity index is 1.89. The van der Waals surface area contributed by atoms with Crippen LogP contribution in [0.4, 0.5) is 13.2 Å². The zero-order valence-corrected chi connectivity index (χ0v) is 12.4. The van der Waals surface area contributed by atoms with Gasteiger partial charge in [-0.05, 0) is 30.0 Å². The summed E-state index contributed by atoms with van der Waals surface area (Å²) in [7, 11) is 0. The average molecular weight is 330 g/mol. The second kappa shape index (κ2) is 6.78. The molecule has 0 saturated carbocycles. The molecule has 0 bridgehead atoms. The molecule has 2 aromatic rings. The Bertz CT molecular complexity index is 638. The molecular formula is C14H13F3N2O2S. The van der Waals surface area contributed by atoms with Gasteiger partial charge in [0.05, 0.1) is 12.1 Å². The fourth-order valence-electron chi connectivity index (χ4n) is 1.60. The molecule has 118 valence electrons. The Morgan fingerprint density at radius 3 is 2.68 bits per heavy atom. The number of carbonyl (C=O) groups is 1. The quantitative estimate of drug-likeness (QED) is 0.915. The maximum Gasteiger partial charge on any atom is 0.422 e. The molecule has 0 unspecified atom stereocenters. The number of nitrogens with zero attached hydrogens (tertiary/aromatic N) is 1. The molecule has 4 nitrogen and oxygen atoms in total. The molecular weight excluding hydrogens is 317 g/mol. The van der Waals surface area contributed by atoms with Crippen LogP contribution in [0.1, 0.15) is 20.8 Å². The van der Waals surface area contributed by atoms with E-state index in [1.54, 1.807) is 11.3 Å². The van der Waals surface area contributed by atoms with Crippen molar-refractivity contribution in [2.45, 2.75) is 19.6 Å². The Labute approximate surface area is 128 Å². The highest BCUT2D eigenvalue weighted by Gasteiger charge is 2.28. The van der Waals surface area contributed by atoms with Gasteiger partial charge < -0.3 is 10.1 Å². The van der Waals surface area contributed by atoms with Crippen LogP contribution in [-0.4, -0.2) is 23.7 Å². The van der Waals surface area contributed by atoms with E-state index in [4.69, 9.17) is 0 Å². The van der Waals surface area contributed by atoms with E-state index >= 15 is 0 Å². The number of aryl methyl sites for hydroxylation is 1. The van der Waals surface area contributed by atoms with Gasteiger partial charge in [0.2, 0.25) is 5.88 Å². The first-order chi connectivity index (χ1) is 10.3. The van der Waals surface area contributed by atoms with Crippen molar-refractivity contribution in [2.75, 3.05) is 6.61 Å². The highest BCUT2D eigenvalue weighted by atomic mass is 32.1. The molecule has 0 fully saturated rings. The number of alkyl halides is 3. The number of thiophene rings is 1. The number of hydrogen-bond acceptors (Lipinski definition) is 4. The maximum atomic E-state index is 12.0. The zero-order valence-electron chi connectivity index (χ0n) is 11.6. The Morgan fingerprint density at radius 1 is 1.36 bits per heavy atom. The van der Waals surface area contributed by atoms with E-state index in [9.17, 15) is 18.0 Å². The molecule has 1 N–H and O–H groups in total. The molecule has 0 aromatic carbocycles. The van der Waals surface area contributed by atoms with Crippen molar-refractivity contribution in [1.29, 1.82) is 0 Å². The first-order valence-electron chi connectivity index (χ1n) is 6.32. The summed E-state index contributed by atoms with van der Waals surface area (Å²) < 4.78 is 40.5. The zero-order chi connectivity index (χ0) is 16.2. The summed E-state index contributed by atoms with van der Waals surface area (Å²) in [6.07, 6.45) is -3.24. The molecule has 0 aliphatic heterocycles. The largest absolute Gasteiger partial charge is 0.468 e. The molecule has 0 atom stereocenters. The number of rotatable bonds is 5. The Hall–Kier alpha value is -2.09. The van der Waals surface area contributed by atoms with Gasteiger partial charge in [-0.2, -0.15) is 13.2 Å². The van der Waals surface area contributed by atoms with Crippen LogP contribution in [0.5, 0.6) is 5.88 Å². The molecule has 0 aliphatic rings. The lowest BCUT2D eigenvalue weighted by molar-refractivity contribution is -0.154. The smallest absolute Gasteiger partial charge is 0.422 e. The second-order valence-corrected chi connectivity index (χ2v) is 5.50. The van der Waals surface area contributed by atoms with Crippen LogP contribution in [-0.2, 0) is 6.54 Å². The van der Waals surface area contributed by atoms with Crippen molar-refractivity contribution in [2.24, 2.45) is 0 Å². The molecule has 0 saturated heterocycles. The topological polar surface area (TPSA) is 51.2 Å². The minimum Gasteiger partial charge on any atom is -0.468 e. The van der Waals surface area contributed by atoms with Crippen molar-refractivity contribution < 1.29 is 22.7 Å². The van der Waals surface area contributed by atoms with Crippen LogP contribution in [0.15, 0.2) is 29.8 Å². The number of halogens is 3. The summed E-state index contributed by atoms with van der Waals surface area (Å²) in [4.78, 5) is 16.6. The third kappa shape index (κ3) is 4.73. The number of hydrogen-bond donors (Lipinski definition) is 1. The van der Waals surface area contributed by atoms with Gasteiger partial charge in [0.1, 0.15) is 0 Å². The molecule has 8 heteroatoms. The summed E-state index contributed by atoms with van der Waals surface area (Å²) in [5.41, 5.74) is 1.35. The molecule has 0 spiro atoms. The third-order valence-corrected chi connectivity index (χ3v) is 3.78. The number of pyridine rings is 1. The summed E-state index contributed by atoms with van der Waals surface area (Å²) in [6.45, 7) is 0.935. The number of carbonyl (C=O) groups excluding carboxylic acids is 1. The van der Waals surface area contributed by atoms with Crippen LogP contribution in [0.2, 0.25) is 0 Å². The monoisotopic (exact) mass is 330 g/mol.